The molecule has 0 aliphatic heterocycles. The van der Waals surface area contributed by atoms with E-state index in [1.54, 1.807) is 36.4 Å². The summed E-state index contributed by atoms with van der Waals surface area (Å²) in [6.07, 6.45) is 1.15. The van der Waals surface area contributed by atoms with Gasteiger partial charge in [-0.2, -0.15) is 0 Å². The Morgan fingerprint density at radius 2 is 1.55 bits per heavy atom. The third-order valence-electron chi connectivity index (χ3n) is 6.13. The van der Waals surface area contributed by atoms with Gasteiger partial charge in [0.25, 0.3) is 10.0 Å². The van der Waals surface area contributed by atoms with Crippen molar-refractivity contribution in [2.24, 2.45) is 0 Å². The number of hydrogen-bond acceptors (Lipinski definition) is 4. The quantitative estimate of drug-likeness (QED) is 0.306. The molecule has 0 saturated carbocycles. The fraction of sp³-hybridized carbons (Fsp3) is 0.310. The molecule has 38 heavy (non-hydrogen) atoms. The number of aryl methyl sites for hydroxylation is 1. The van der Waals surface area contributed by atoms with Crippen molar-refractivity contribution in [1.29, 1.82) is 0 Å². The molecular formula is C29H34BrN3O4S. The standard InChI is InChI=1S/C29H34BrN3O4S/c1-4-19-31-29(35)27(5-2)32(20-23-9-7-6-8-10-23)28(34)21-33(25-15-13-24(30)14-16-25)38(36,37)26-17-11-22(3)12-18-26/h6-18,27H,4-5,19-21H2,1-3H3,(H,31,35). The zero-order valence-corrected chi connectivity index (χ0v) is 24.3. The first-order chi connectivity index (χ1) is 18.2. The van der Waals surface area contributed by atoms with Gasteiger partial charge in [0.05, 0.1) is 10.6 Å². The summed E-state index contributed by atoms with van der Waals surface area (Å²) in [6, 6.07) is 21.9. The second kappa shape index (κ2) is 13.6. The van der Waals surface area contributed by atoms with Crippen molar-refractivity contribution in [3.63, 3.8) is 0 Å². The molecule has 0 spiro atoms. The molecule has 7 nitrogen and oxygen atoms in total. The SMILES string of the molecule is CCCNC(=O)C(CC)N(Cc1ccccc1)C(=O)CN(c1ccc(Br)cc1)S(=O)(=O)c1ccc(C)cc1. The lowest BCUT2D eigenvalue weighted by atomic mass is 10.1. The number of sulfonamides is 1. The number of benzene rings is 3. The smallest absolute Gasteiger partial charge is 0.264 e. The molecule has 0 saturated heterocycles. The molecule has 1 unspecified atom stereocenters. The maximum Gasteiger partial charge on any atom is 0.264 e. The lowest BCUT2D eigenvalue weighted by Gasteiger charge is -2.33. The lowest BCUT2D eigenvalue weighted by molar-refractivity contribution is -0.140. The maximum atomic E-state index is 13.9. The highest BCUT2D eigenvalue weighted by molar-refractivity contribution is 9.10. The summed E-state index contributed by atoms with van der Waals surface area (Å²) in [7, 11) is -4.08. The van der Waals surface area contributed by atoms with E-state index in [2.05, 4.69) is 21.2 Å². The lowest BCUT2D eigenvalue weighted by Crippen LogP contribution is -2.52. The molecule has 3 aromatic carbocycles. The topological polar surface area (TPSA) is 86.8 Å². The Morgan fingerprint density at radius 3 is 2.13 bits per heavy atom. The molecule has 3 aromatic rings. The van der Waals surface area contributed by atoms with E-state index >= 15 is 0 Å². The molecule has 1 atom stereocenters. The van der Waals surface area contributed by atoms with Crippen LogP contribution in [-0.2, 0) is 26.2 Å². The molecule has 0 aliphatic carbocycles. The zero-order chi connectivity index (χ0) is 27.7. The van der Waals surface area contributed by atoms with Crippen molar-refractivity contribution >= 4 is 43.5 Å². The molecule has 0 radical (unpaired) electrons. The van der Waals surface area contributed by atoms with Crippen LogP contribution in [0.25, 0.3) is 0 Å². The minimum absolute atomic E-state index is 0.0844. The van der Waals surface area contributed by atoms with E-state index in [-0.39, 0.29) is 17.3 Å². The third kappa shape index (κ3) is 7.45. The van der Waals surface area contributed by atoms with Crippen LogP contribution in [0.3, 0.4) is 0 Å². The van der Waals surface area contributed by atoms with Crippen LogP contribution in [0.15, 0.2) is 88.2 Å². The van der Waals surface area contributed by atoms with Gasteiger partial charge >= 0.3 is 0 Å². The first-order valence-corrected chi connectivity index (χ1v) is 14.9. The molecule has 1 N–H and O–H groups in total. The Kier molecular flexibility index (Phi) is 10.5. The number of halogens is 1. The highest BCUT2D eigenvalue weighted by Gasteiger charge is 2.33. The Balaban J connectivity index is 2.03. The van der Waals surface area contributed by atoms with Crippen molar-refractivity contribution in [2.45, 2.75) is 51.1 Å². The summed E-state index contributed by atoms with van der Waals surface area (Å²) in [5, 5.41) is 2.89. The minimum atomic E-state index is -4.08. The number of carbonyl (C=O) groups is 2. The van der Waals surface area contributed by atoms with Crippen LogP contribution in [0, 0.1) is 6.92 Å². The number of amides is 2. The van der Waals surface area contributed by atoms with E-state index in [1.165, 1.54) is 17.0 Å². The van der Waals surface area contributed by atoms with Gasteiger partial charge in [0, 0.05) is 17.6 Å². The second-order valence-corrected chi connectivity index (χ2v) is 11.8. The molecule has 0 aliphatic rings. The molecule has 9 heteroatoms. The Bertz CT molecular complexity index is 1310. The number of rotatable bonds is 12. The largest absolute Gasteiger partial charge is 0.354 e. The molecule has 0 heterocycles. The molecule has 2 amide bonds. The van der Waals surface area contributed by atoms with Crippen LogP contribution >= 0.6 is 15.9 Å². The number of nitrogens with zero attached hydrogens (tertiary/aromatic N) is 2. The van der Waals surface area contributed by atoms with Gasteiger partial charge in [-0.15, -0.1) is 0 Å². The monoisotopic (exact) mass is 599 g/mol. The van der Waals surface area contributed by atoms with Gasteiger partial charge in [0.15, 0.2) is 0 Å². The van der Waals surface area contributed by atoms with Gasteiger partial charge in [0.2, 0.25) is 11.8 Å². The summed E-state index contributed by atoms with van der Waals surface area (Å²) in [4.78, 5) is 28.6. The Labute approximate surface area is 234 Å². The molecule has 0 bridgehead atoms. The van der Waals surface area contributed by atoms with E-state index in [4.69, 9.17) is 0 Å². The van der Waals surface area contributed by atoms with E-state index in [0.717, 1.165) is 26.3 Å². The second-order valence-electron chi connectivity index (χ2n) is 9.02. The predicted octanol–water partition coefficient (Wildman–Crippen LogP) is 5.29. The molecule has 0 fully saturated rings. The van der Waals surface area contributed by atoms with Gasteiger partial charge in [-0.05, 0) is 61.7 Å². The molecule has 202 valence electrons. The zero-order valence-electron chi connectivity index (χ0n) is 21.9. The number of hydrogen-bond donors (Lipinski definition) is 1. The summed E-state index contributed by atoms with van der Waals surface area (Å²) >= 11 is 3.39. The van der Waals surface area contributed by atoms with Gasteiger partial charge in [-0.1, -0.05) is 77.8 Å². The Morgan fingerprint density at radius 1 is 0.921 bits per heavy atom. The van der Waals surface area contributed by atoms with Crippen LogP contribution in [0.4, 0.5) is 5.69 Å². The van der Waals surface area contributed by atoms with Crippen LogP contribution in [0.2, 0.25) is 0 Å². The van der Waals surface area contributed by atoms with Crippen LogP contribution in [0.5, 0.6) is 0 Å². The summed E-state index contributed by atoms with van der Waals surface area (Å²) < 4.78 is 29.5. The van der Waals surface area contributed by atoms with Gasteiger partial charge < -0.3 is 10.2 Å². The number of carbonyl (C=O) groups excluding carboxylic acids is 2. The Hall–Kier alpha value is -3.17. The van der Waals surface area contributed by atoms with Crippen LogP contribution in [-0.4, -0.2) is 44.3 Å². The number of nitrogens with one attached hydrogen (secondary N) is 1. The summed E-state index contributed by atoms with van der Waals surface area (Å²) in [5.74, 6) is -0.721. The van der Waals surface area contributed by atoms with Crippen molar-refractivity contribution < 1.29 is 18.0 Å². The third-order valence-corrected chi connectivity index (χ3v) is 8.45. The van der Waals surface area contributed by atoms with Crippen molar-refractivity contribution in [3.05, 3.63) is 94.5 Å². The summed E-state index contributed by atoms with van der Waals surface area (Å²) in [5.41, 5.74) is 2.12. The van der Waals surface area contributed by atoms with Gasteiger partial charge in [-0.3, -0.25) is 13.9 Å². The van der Waals surface area contributed by atoms with Gasteiger partial charge in [0.1, 0.15) is 12.6 Å². The van der Waals surface area contributed by atoms with Crippen LogP contribution in [0.1, 0.15) is 37.8 Å². The highest BCUT2D eigenvalue weighted by atomic mass is 79.9. The van der Waals surface area contributed by atoms with Crippen molar-refractivity contribution in [3.8, 4) is 0 Å². The van der Waals surface area contributed by atoms with E-state index in [1.807, 2.05) is 51.1 Å². The van der Waals surface area contributed by atoms with E-state index < -0.39 is 28.5 Å². The molecule has 0 aromatic heterocycles. The average Bonchev–Trinajstić information content (AvgIpc) is 2.91. The molecule has 3 rings (SSSR count). The average molecular weight is 601 g/mol. The summed E-state index contributed by atoms with van der Waals surface area (Å²) in [6.45, 7) is 5.90. The maximum absolute atomic E-state index is 13.9. The fourth-order valence-electron chi connectivity index (χ4n) is 4.04. The normalized spacial score (nSPS) is 12.0. The van der Waals surface area contributed by atoms with Crippen molar-refractivity contribution in [1.82, 2.24) is 10.2 Å². The minimum Gasteiger partial charge on any atom is -0.354 e. The first-order valence-electron chi connectivity index (χ1n) is 12.6. The number of anilines is 1. The van der Waals surface area contributed by atoms with E-state index in [9.17, 15) is 18.0 Å². The highest BCUT2D eigenvalue weighted by Crippen LogP contribution is 2.26. The fourth-order valence-corrected chi connectivity index (χ4v) is 5.72. The first kappa shape index (κ1) is 29.4. The van der Waals surface area contributed by atoms with Crippen molar-refractivity contribution in [2.75, 3.05) is 17.4 Å². The van der Waals surface area contributed by atoms with E-state index in [0.29, 0.717) is 18.7 Å². The predicted molar refractivity (Wildman–Crippen MR) is 154 cm³/mol. The van der Waals surface area contributed by atoms with Gasteiger partial charge in [-0.25, -0.2) is 8.42 Å². The van der Waals surface area contributed by atoms with Crippen LogP contribution < -0.4 is 9.62 Å². The molecular weight excluding hydrogens is 566 g/mol.